The van der Waals surface area contributed by atoms with Gasteiger partial charge in [-0.3, -0.25) is 9.78 Å². The number of aryl methyl sites for hydroxylation is 1. The van der Waals surface area contributed by atoms with E-state index in [0.717, 1.165) is 59.8 Å². The molecule has 0 amide bonds. The summed E-state index contributed by atoms with van der Waals surface area (Å²) in [5, 5.41) is 15.3. The zero-order chi connectivity index (χ0) is 26.2. The number of allylic oxidation sites excluding steroid dienone is 2. The van der Waals surface area contributed by atoms with Crippen molar-refractivity contribution in [1.29, 1.82) is 0 Å². The summed E-state index contributed by atoms with van der Waals surface area (Å²) in [5.41, 5.74) is 1.93. The Kier molecular flexibility index (Phi) is 7.03. The van der Waals surface area contributed by atoms with Crippen LogP contribution in [-0.2, 0) is 9.59 Å². The first-order chi connectivity index (χ1) is 17.8. The number of rotatable bonds is 8. The highest BCUT2D eigenvalue weighted by Gasteiger charge is 2.54. The lowest BCUT2D eigenvalue weighted by atomic mass is 9.62. The van der Waals surface area contributed by atoms with Crippen molar-refractivity contribution in [2.45, 2.75) is 64.3 Å². The average Bonchev–Trinajstić information content (AvgIpc) is 2.91. The van der Waals surface area contributed by atoms with Crippen molar-refractivity contribution in [3.05, 3.63) is 70.2 Å². The van der Waals surface area contributed by atoms with E-state index in [1.54, 1.807) is 12.4 Å². The quantitative estimate of drug-likeness (QED) is 0.326. The fourth-order valence-corrected chi connectivity index (χ4v) is 6.61. The van der Waals surface area contributed by atoms with Crippen LogP contribution in [0.1, 0.15) is 62.6 Å². The van der Waals surface area contributed by atoms with Crippen LogP contribution in [0.25, 0.3) is 10.8 Å². The molecular formula is C29H30BrN3O4. The zero-order valence-corrected chi connectivity index (χ0v) is 22.5. The molecule has 2 aromatic heterocycles. The smallest absolute Gasteiger partial charge is 0.326 e. The summed E-state index contributed by atoms with van der Waals surface area (Å²) >= 11 is 3.42. The molecule has 0 radical (unpaired) electrons. The second-order valence-corrected chi connectivity index (χ2v) is 10.8. The Morgan fingerprint density at radius 2 is 1.92 bits per heavy atom. The molecule has 0 aliphatic heterocycles. The molecule has 0 bridgehead atoms. The van der Waals surface area contributed by atoms with Gasteiger partial charge in [-0.2, -0.15) is 0 Å². The second kappa shape index (κ2) is 10.2. The molecule has 1 unspecified atom stereocenters. The van der Waals surface area contributed by atoms with Gasteiger partial charge in [0.05, 0.1) is 15.3 Å². The molecule has 37 heavy (non-hydrogen) atoms. The Balaban J connectivity index is 1.38. The van der Waals surface area contributed by atoms with Gasteiger partial charge in [0.25, 0.3) is 0 Å². The molecule has 0 saturated heterocycles. The van der Waals surface area contributed by atoms with E-state index in [1.165, 1.54) is 0 Å². The number of hydrogen-bond acceptors (Lipinski definition) is 6. The van der Waals surface area contributed by atoms with Crippen LogP contribution in [-0.4, -0.2) is 32.9 Å². The topological polar surface area (TPSA) is 101 Å². The molecule has 8 heteroatoms. The zero-order valence-electron chi connectivity index (χ0n) is 21.0. The Morgan fingerprint density at radius 3 is 2.59 bits per heavy atom. The molecule has 192 valence electrons. The molecule has 2 heterocycles. The molecule has 7 nitrogen and oxygen atoms in total. The van der Waals surface area contributed by atoms with Crippen molar-refractivity contribution in [1.82, 2.24) is 15.3 Å². The molecule has 2 N–H and O–H groups in total. The van der Waals surface area contributed by atoms with Crippen molar-refractivity contribution < 1.29 is 19.4 Å². The van der Waals surface area contributed by atoms with E-state index in [4.69, 9.17) is 4.74 Å². The number of nitrogens with one attached hydrogen (secondary N) is 1. The molecular weight excluding hydrogens is 534 g/mol. The Labute approximate surface area is 224 Å². The highest BCUT2D eigenvalue weighted by atomic mass is 79.9. The lowest BCUT2D eigenvalue weighted by Gasteiger charge is -2.46. The van der Waals surface area contributed by atoms with E-state index in [2.05, 4.69) is 31.2 Å². The number of Topliss-reactive ketones (excluding diaryl/α,β-unsaturated/α-hetero) is 1. The molecule has 1 aromatic carbocycles. The number of ether oxygens (including phenoxy) is 1. The van der Waals surface area contributed by atoms with E-state index in [0.29, 0.717) is 22.5 Å². The fraction of sp³-hybridized carbons (Fsp3) is 0.379. The first-order valence-corrected chi connectivity index (χ1v) is 13.6. The largest absolute Gasteiger partial charge is 0.480 e. The maximum Gasteiger partial charge on any atom is 0.326 e. The lowest BCUT2D eigenvalue weighted by molar-refractivity contribution is -0.140. The van der Waals surface area contributed by atoms with Gasteiger partial charge in [-0.25, -0.2) is 9.78 Å². The first kappa shape index (κ1) is 25.4. The monoisotopic (exact) mass is 563 g/mol. The van der Waals surface area contributed by atoms with E-state index < -0.39 is 17.4 Å². The summed E-state index contributed by atoms with van der Waals surface area (Å²) in [7, 11) is 0. The van der Waals surface area contributed by atoms with E-state index in [9.17, 15) is 14.7 Å². The fourth-order valence-electron chi connectivity index (χ4n) is 5.73. The number of pyridine rings is 2. The normalized spacial score (nSPS) is 18.4. The predicted molar refractivity (Wildman–Crippen MR) is 145 cm³/mol. The highest BCUT2D eigenvalue weighted by molar-refractivity contribution is 9.12. The van der Waals surface area contributed by atoms with Crippen LogP contribution in [0.3, 0.4) is 0 Å². The maximum atomic E-state index is 12.8. The number of fused-ring (bicyclic) bond motifs is 1. The first-order valence-electron chi connectivity index (χ1n) is 12.8. The van der Waals surface area contributed by atoms with E-state index in [1.807, 2.05) is 50.2 Å². The van der Waals surface area contributed by atoms with Crippen LogP contribution in [0.2, 0.25) is 0 Å². The standard InChI is InChI=1S/C29H30BrN3O4/c1-3-21(24(28(35)36)33-25-23(30)26(34)29(25)12-5-4-6-13-29)18-7-9-20(10-8-18)37-27-22-16-31-14-11-19(22)15-17(2)32-27/h7-11,14-16,21,24,33H,3-6,12-13H2,1-2H3,(H,35,36)/t21?,24-/m0/s1. The lowest BCUT2D eigenvalue weighted by Crippen LogP contribution is -2.54. The minimum absolute atomic E-state index is 0.0980. The number of carboxylic acids is 1. The Bertz CT molecular complexity index is 1380. The highest BCUT2D eigenvalue weighted by Crippen LogP contribution is 2.53. The third-order valence-electron chi connectivity index (χ3n) is 7.70. The molecule has 3 aromatic rings. The van der Waals surface area contributed by atoms with Crippen LogP contribution >= 0.6 is 15.9 Å². The molecule has 5 rings (SSSR count). The van der Waals surface area contributed by atoms with Crippen molar-refractivity contribution in [3.8, 4) is 11.6 Å². The number of aromatic nitrogens is 2. The summed E-state index contributed by atoms with van der Waals surface area (Å²) in [5.74, 6) is -0.0398. The van der Waals surface area contributed by atoms with Gasteiger partial charge >= 0.3 is 5.97 Å². The van der Waals surface area contributed by atoms with Crippen molar-refractivity contribution in [3.63, 3.8) is 0 Å². The number of hydrogen-bond donors (Lipinski definition) is 2. The van der Waals surface area contributed by atoms with Gasteiger partial charge < -0.3 is 15.2 Å². The Morgan fingerprint density at radius 1 is 1.19 bits per heavy atom. The van der Waals surface area contributed by atoms with Crippen LogP contribution < -0.4 is 10.1 Å². The summed E-state index contributed by atoms with van der Waals surface area (Å²) in [6, 6.07) is 10.5. The molecule has 2 aliphatic rings. The van der Waals surface area contributed by atoms with Crippen molar-refractivity contribution in [2.24, 2.45) is 5.41 Å². The number of ketones is 1. The number of carboxylic acid groups (broad SMARTS) is 1. The molecule has 2 aliphatic carbocycles. The number of aliphatic carboxylic acids is 1. The van der Waals surface area contributed by atoms with Crippen LogP contribution in [0, 0.1) is 12.3 Å². The van der Waals surface area contributed by atoms with E-state index in [-0.39, 0.29) is 11.7 Å². The average molecular weight is 564 g/mol. The number of carbonyl (C=O) groups excluding carboxylic acids is 1. The SMILES string of the molecule is CCC(c1ccc(Oc2nc(C)cc3ccncc23)cc1)[C@H](NC1=C(Br)C(=O)C12CCCCC2)C(=O)O. The van der Waals surface area contributed by atoms with Gasteiger partial charge in [-0.1, -0.05) is 38.3 Å². The van der Waals surface area contributed by atoms with Crippen LogP contribution in [0.15, 0.2) is 59.0 Å². The van der Waals surface area contributed by atoms with E-state index >= 15 is 0 Å². The summed E-state index contributed by atoms with van der Waals surface area (Å²) < 4.78 is 6.60. The minimum Gasteiger partial charge on any atom is -0.480 e. The van der Waals surface area contributed by atoms with Gasteiger partial charge in [-0.15, -0.1) is 0 Å². The van der Waals surface area contributed by atoms with Crippen molar-refractivity contribution >= 4 is 38.5 Å². The number of carbonyl (C=O) groups is 2. The van der Waals surface area contributed by atoms with Gasteiger partial charge in [0.1, 0.15) is 11.8 Å². The van der Waals surface area contributed by atoms with Crippen LogP contribution in [0.5, 0.6) is 11.6 Å². The third kappa shape index (κ3) is 4.63. The molecule has 1 saturated carbocycles. The number of benzene rings is 1. The summed E-state index contributed by atoms with van der Waals surface area (Å²) in [6.07, 6.45) is 8.71. The Hall–Kier alpha value is -3.26. The minimum atomic E-state index is -0.937. The van der Waals surface area contributed by atoms with Crippen molar-refractivity contribution in [2.75, 3.05) is 0 Å². The van der Waals surface area contributed by atoms with Gasteiger partial charge in [0, 0.05) is 29.7 Å². The second-order valence-electron chi connectivity index (χ2n) is 9.97. The molecule has 1 spiro atoms. The predicted octanol–water partition coefficient (Wildman–Crippen LogP) is 6.41. The molecule has 2 atom stereocenters. The van der Waals surface area contributed by atoms with Crippen LogP contribution in [0.4, 0.5) is 0 Å². The van der Waals surface area contributed by atoms with Gasteiger partial charge in [0.15, 0.2) is 5.78 Å². The number of nitrogens with zero attached hydrogens (tertiary/aromatic N) is 2. The summed E-state index contributed by atoms with van der Waals surface area (Å²) in [4.78, 5) is 34.0. The third-order valence-corrected chi connectivity index (χ3v) is 8.45. The van der Waals surface area contributed by atoms with Gasteiger partial charge in [0.2, 0.25) is 5.88 Å². The number of halogens is 1. The maximum absolute atomic E-state index is 12.8. The van der Waals surface area contributed by atoms with Gasteiger partial charge in [-0.05, 0) is 77.3 Å². The molecule has 1 fully saturated rings. The summed E-state index contributed by atoms with van der Waals surface area (Å²) in [6.45, 7) is 3.90.